The molecule has 1 aromatic heterocycles. The number of hydrogen-bond donors (Lipinski definition) is 1. The first kappa shape index (κ1) is 8.25. The Bertz CT molecular complexity index is 477. The molecule has 0 spiro atoms. The van der Waals surface area contributed by atoms with Crippen LogP contribution in [0, 0.1) is 0 Å². The Morgan fingerprint density at radius 1 is 1.54 bits per heavy atom. The van der Waals surface area contributed by atoms with Crippen LogP contribution in [0.4, 0.5) is 0 Å². The second-order valence-electron chi connectivity index (χ2n) is 2.47. The molecule has 0 saturated carbocycles. The number of fused-ring (bicyclic) bond motifs is 1. The summed E-state index contributed by atoms with van der Waals surface area (Å²) in [7, 11) is 0. The molecule has 1 heterocycles. The van der Waals surface area contributed by atoms with Crippen molar-refractivity contribution in [3.63, 3.8) is 0 Å². The second-order valence-corrected chi connectivity index (χ2v) is 3.32. The molecule has 0 aliphatic carbocycles. The van der Waals surface area contributed by atoms with Crippen LogP contribution in [0.1, 0.15) is 10.4 Å². The number of carbonyl (C=O) groups is 1. The van der Waals surface area contributed by atoms with Gasteiger partial charge in [0, 0.05) is 4.47 Å². The summed E-state index contributed by atoms with van der Waals surface area (Å²) in [5, 5.41) is 13.0. The van der Waals surface area contributed by atoms with Crippen LogP contribution in [0.25, 0.3) is 11.0 Å². The molecule has 0 aliphatic heterocycles. The molecular weight excluding hydrogens is 238 g/mol. The van der Waals surface area contributed by atoms with Crippen molar-refractivity contribution in [2.45, 2.75) is 0 Å². The number of halogens is 1. The number of carboxylic acids is 1. The Kier molecular flexibility index (Phi) is 1.81. The lowest BCUT2D eigenvalue weighted by Gasteiger charge is -1.95. The third kappa shape index (κ3) is 1.21. The minimum atomic E-state index is -1.02. The lowest BCUT2D eigenvalue weighted by molar-refractivity contribution is 0.0697. The zero-order chi connectivity index (χ0) is 9.42. The van der Waals surface area contributed by atoms with E-state index in [4.69, 9.17) is 9.63 Å². The maximum absolute atomic E-state index is 10.7. The average molecular weight is 242 g/mol. The predicted octanol–water partition coefficient (Wildman–Crippen LogP) is 2.29. The number of nitrogens with zero attached hydrogens (tertiary/aromatic N) is 1. The summed E-state index contributed by atoms with van der Waals surface area (Å²) in [6.07, 6.45) is 1.48. The fraction of sp³-hybridized carbons (Fsp3) is 0. The molecule has 0 bridgehead atoms. The molecule has 1 N–H and O–H groups in total. The molecule has 13 heavy (non-hydrogen) atoms. The molecular formula is C8H4BrNO3. The molecule has 4 nitrogen and oxygen atoms in total. The molecule has 0 amide bonds. The van der Waals surface area contributed by atoms with E-state index in [1.165, 1.54) is 12.3 Å². The number of hydrogen-bond acceptors (Lipinski definition) is 3. The van der Waals surface area contributed by atoms with E-state index in [2.05, 4.69) is 21.1 Å². The third-order valence-electron chi connectivity index (χ3n) is 1.70. The minimum Gasteiger partial charge on any atom is -0.478 e. The quantitative estimate of drug-likeness (QED) is 0.833. The number of aromatic nitrogens is 1. The van der Waals surface area contributed by atoms with Crippen molar-refractivity contribution < 1.29 is 14.4 Å². The van der Waals surface area contributed by atoms with E-state index in [-0.39, 0.29) is 5.56 Å². The number of carboxylic acid groups (broad SMARTS) is 1. The van der Waals surface area contributed by atoms with Gasteiger partial charge in [0.1, 0.15) is 5.56 Å². The third-order valence-corrected chi connectivity index (χ3v) is 2.39. The molecule has 0 fully saturated rings. The molecule has 2 rings (SSSR count). The fourth-order valence-electron chi connectivity index (χ4n) is 1.09. The van der Waals surface area contributed by atoms with E-state index in [1.807, 2.05) is 0 Å². The molecule has 1 aromatic carbocycles. The Balaban J connectivity index is 2.86. The molecule has 66 valence electrons. The normalized spacial score (nSPS) is 10.5. The molecule has 0 unspecified atom stereocenters. The molecule has 0 saturated heterocycles. The van der Waals surface area contributed by atoms with E-state index in [9.17, 15) is 4.79 Å². The zero-order valence-corrected chi connectivity index (χ0v) is 7.91. The van der Waals surface area contributed by atoms with Gasteiger partial charge in [-0.05, 0) is 28.1 Å². The van der Waals surface area contributed by atoms with Crippen molar-refractivity contribution in [3.8, 4) is 0 Å². The maximum Gasteiger partial charge on any atom is 0.339 e. The molecule has 5 heteroatoms. The van der Waals surface area contributed by atoms with Crippen LogP contribution in [-0.4, -0.2) is 16.2 Å². The minimum absolute atomic E-state index is 0.121. The van der Waals surface area contributed by atoms with Crippen molar-refractivity contribution in [3.05, 3.63) is 28.4 Å². The van der Waals surface area contributed by atoms with Gasteiger partial charge in [-0.15, -0.1) is 0 Å². The number of aromatic carboxylic acids is 1. The average Bonchev–Trinajstić information content (AvgIpc) is 2.53. The lowest BCUT2D eigenvalue weighted by atomic mass is 10.2. The summed E-state index contributed by atoms with van der Waals surface area (Å²) >= 11 is 3.27. The monoisotopic (exact) mass is 241 g/mol. The summed E-state index contributed by atoms with van der Waals surface area (Å²) in [6, 6.07) is 3.13. The molecule has 0 atom stereocenters. The highest BCUT2D eigenvalue weighted by Crippen LogP contribution is 2.26. The van der Waals surface area contributed by atoms with E-state index >= 15 is 0 Å². The molecule has 0 aliphatic rings. The Labute approximate surface area is 81.3 Å². The first-order valence-electron chi connectivity index (χ1n) is 3.46. The first-order chi connectivity index (χ1) is 6.20. The van der Waals surface area contributed by atoms with Gasteiger partial charge in [0.25, 0.3) is 0 Å². The van der Waals surface area contributed by atoms with Gasteiger partial charge in [-0.25, -0.2) is 4.79 Å². The highest BCUT2D eigenvalue weighted by molar-refractivity contribution is 9.10. The van der Waals surface area contributed by atoms with Crippen molar-refractivity contribution >= 4 is 32.9 Å². The van der Waals surface area contributed by atoms with Crippen LogP contribution in [0.2, 0.25) is 0 Å². The van der Waals surface area contributed by atoms with Gasteiger partial charge in [0.15, 0.2) is 5.58 Å². The topological polar surface area (TPSA) is 63.3 Å². The summed E-state index contributed by atoms with van der Waals surface area (Å²) in [5.74, 6) is -1.02. The van der Waals surface area contributed by atoms with Gasteiger partial charge in [0.05, 0.1) is 11.6 Å². The van der Waals surface area contributed by atoms with Gasteiger partial charge in [-0.3, -0.25) is 0 Å². The molecule has 0 radical (unpaired) electrons. The van der Waals surface area contributed by atoms with Crippen molar-refractivity contribution in [2.24, 2.45) is 0 Å². The fourth-order valence-corrected chi connectivity index (χ4v) is 1.51. The lowest BCUT2D eigenvalue weighted by Crippen LogP contribution is -1.95. The SMILES string of the molecule is O=C(O)c1ccc(Br)c2cnoc12. The van der Waals surface area contributed by atoms with E-state index < -0.39 is 5.97 Å². The maximum atomic E-state index is 10.7. The number of benzene rings is 1. The predicted molar refractivity (Wildman–Crippen MR) is 48.7 cm³/mol. The van der Waals surface area contributed by atoms with E-state index in [0.29, 0.717) is 11.0 Å². The first-order valence-corrected chi connectivity index (χ1v) is 4.25. The zero-order valence-electron chi connectivity index (χ0n) is 6.32. The van der Waals surface area contributed by atoms with E-state index in [0.717, 1.165) is 4.47 Å². The van der Waals surface area contributed by atoms with Gasteiger partial charge in [0.2, 0.25) is 0 Å². The van der Waals surface area contributed by atoms with Crippen LogP contribution in [0.15, 0.2) is 27.3 Å². The Morgan fingerprint density at radius 3 is 3.00 bits per heavy atom. The van der Waals surface area contributed by atoms with Crippen molar-refractivity contribution in [1.29, 1.82) is 0 Å². The summed E-state index contributed by atoms with van der Waals surface area (Å²) in [4.78, 5) is 10.7. The van der Waals surface area contributed by atoms with Crippen LogP contribution in [0.3, 0.4) is 0 Å². The molecule has 2 aromatic rings. The highest BCUT2D eigenvalue weighted by atomic mass is 79.9. The summed E-state index contributed by atoms with van der Waals surface area (Å²) < 4.78 is 5.60. The van der Waals surface area contributed by atoms with Crippen molar-refractivity contribution in [1.82, 2.24) is 5.16 Å². The van der Waals surface area contributed by atoms with Gasteiger partial charge in [-0.2, -0.15) is 0 Å². The van der Waals surface area contributed by atoms with Crippen LogP contribution >= 0.6 is 15.9 Å². The smallest absolute Gasteiger partial charge is 0.339 e. The van der Waals surface area contributed by atoms with E-state index in [1.54, 1.807) is 6.07 Å². The largest absolute Gasteiger partial charge is 0.478 e. The highest BCUT2D eigenvalue weighted by Gasteiger charge is 2.13. The standard InChI is InChI=1S/C8H4BrNO3/c9-6-2-1-4(8(11)12)7-5(6)3-10-13-7/h1-3H,(H,11,12). The van der Waals surface area contributed by atoms with Crippen LogP contribution < -0.4 is 0 Å². The van der Waals surface area contributed by atoms with Gasteiger partial charge >= 0.3 is 5.97 Å². The number of rotatable bonds is 1. The van der Waals surface area contributed by atoms with Gasteiger partial charge < -0.3 is 9.63 Å². The second kappa shape index (κ2) is 2.85. The van der Waals surface area contributed by atoms with Crippen LogP contribution in [-0.2, 0) is 0 Å². The van der Waals surface area contributed by atoms with Gasteiger partial charge in [-0.1, -0.05) is 5.16 Å². The van der Waals surface area contributed by atoms with Crippen LogP contribution in [0.5, 0.6) is 0 Å². The summed E-state index contributed by atoms with van der Waals surface area (Å²) in [5.41, 5.74) is 0.414. The summed E-state index contributed by atoms with van der Waals surface area (Å²) in [6.45, 7) is 0. The van der Waals surface area contributed by atoms with Crippen molar-refractivity contribution in [2.75, 3.05) is 0 Å². The Hall–Kier alpha value is -1.36. The Morgan fingerprint density at radius 2 is 2.31 bits per heavy atom.